The first-order chi connectivity index (χ1) is 12.7. The average molecular weight is 353 g/mol. The van der Waals surface area contributed by atoms with Crippen molar-refractivity contribution < 1.29 is 14.3 Å². The molecule has 1 unspecified atom stereocenters. The Morgan fingerprint density at radius 3 is 2.65 bits per heavy atom. The van der Waals surface area contributed by atoms with Gasteiger partial charge >= 0.3 is 0 Å². The normalized spacial score (nSPS) is 15.4. The van der Waals surface area contributed by atoms with Crippen molar-refractivity contribution in [1.29, 1.82) is 0 Å². The summed E-state index contributed by atoms with van der Waals surface area (Å²) in [5.41, 5.74) is 2.76. The van der Waals surface area contributed by atoms with Gasteiger partial charge in [-0.15, -0.1) is 0 Å². The van der Waals surface area contributed by atoms with E-state index < -0.39 is 0 Å². The van der Waals surface area contributed by atoms with Crippen LogP contribution in [0, 0.1) is 0 Å². The number of rotatable bonds is 8. The highest BCUT2D eigenvalue weighted by Crippen LogP contribution is 2.35. The monoisotopic (exact) mass is 353 g/mol. The fourth-order valence-corrected chi connectivity index (χ4v) is 3.57. The molecule has 0 saturated carbocycles. The van der Waals surface area contributed by atoms with Gasteiger partial charge in [0.25, 0.3) is 0 Å². The number of aryl methyl sites for hydroxylation is 1. The third-order valence-electron chi connectivity index (χ3n) is 5.07. The van der Waals surface area contributed by atoms with Gasteiger partial charge in [-0.05, 0) is 48.4 Å². The minimum absolute atomic E-state index is 0.212. The Kier molecular flexibility index (Phi) is 6.16. The summed E-state index contributed by atoms with van der Waals surface area (Å²) in [4.78, 5) is 14.4. The molecule has 3 rings (SSSR count). The van der Waals surface area contributed by atoms with Crippen LogP contribution in [0.3, 0.4) is 0 Å². The first kappa shape index (κ1) is 18.3. The van der Waals surface area contributed by atoms with Crippen LogP contribution in [0.25, 0.3) is 0 Å². The van der Waals surface area contributed by atoms with Crippen LogP contribution >= 0.6 is 0 Å². The van der Waals surface area contributed by atoms with Gasteiger partial charge in [-0.2, -0.15) is 0 Å². The van der Waals surface area contributed by atoms with Crippen LogP contribution in [0.5, 0.6) is 11.5 Å². The fourth-order valence-electron chi connectivity index (χ4n) is 3.57. The number of hydrogen-bond acceptors (Lipinski definition) is 3. The number of amides is 1. The molecule has 0 fully saturated rings. The topological polar surface area (TPSA) is 38.8 Å². The molecule has 1 aliphatic rings. The molecule has 0 N–H and O–H groups in total. The fraction of sp³-hybridized carbons (Fsp3) is 0.409. The van der Waals surface area contributed by atoms with Gasteiger partial charge in [0, 0.05) is 20.0 Å². The SMILES string of the molecule is COc1ccccc1OCCCN(C)C(=O)CC1CCc2ccccc21. The molecule has 138 valence electrons. The number of fused-ring (bicyclic) bond motifs is 1. The maximum absolute atomic E-state index is 12.5. The lowest BCUT2D eigenvalue weighted by Crippen LogP contribution is -2.29. The predicted molar refractivity (Wildman–Crippen MR) is 103 cm³/mol. The van der Waals surface area contributed by atoms with Gasteiger partial charge in [0.05, 0.1) is 13.7 Å². The number of nitrogens with zero attached hydrogens (tertiary/aromatic N) is 1. The number of hydrogen-bond donors (Lipinski definition) is 0. The number of ether oxygens (including phenoxy) is 2. The molecule has 1 aliphatic carbocycles. The van der Waals surface area contributed by atoms with E-state index in [1.165, 1.54) is 11.1 Å². The zero-order valence-electron chi connectivity index (χ0n) is 15.6. The van der Waals surface area contributed by atoms with Gasteiger partial charge in [0.15, 0.2) is 11.5 Å². The zero-order valence-corrected chi connectivity index (χ0v) is 15.6. The molecule has 0 aliphatic heterocycles. The van der Waals surface area contributed by atoms with E-state index in [1.54, 1.807) is 7.11 Å². The Balaban J connectivity index is 1.42. The summed E-state index contributed by atoms with van der Waals surface area (Å²) in [7, 11) is 3.52. The number of carbonyl (C=O) groups is 1. The first-order valence-electron chi connectivity index (χ1n) is 9.26. The van der Waals surface area contributed by atoms with Crippen LogP contribution in [0.1, 0.15) is 36.3 Å². The largest absolute Gasteiger partial charge is 0.493 e. The highest BCUT2D eigenvalue weighted by Gasteiger charge is 2.25. The summed E-state index contributed by atoms with van der Waals surface area (Å²) < 4.78 is 11.1. The van der Waals surface area contributed by atoms with Crippen molar-refractivity contribution in [2.45, 2.75) is 31.6 Å². The molecule has 2 aromatic rings. The molecule has 4 heteroatoms. The molecule has 1 atom stereocenters. The van der Waals surface area contributed by atoms with Crippen LogP contribution in [-0.4, -0.2) is 38.1 Å². The van der Waals surface area contributed by atoms with Crippen molar-refractivity contribution >= 4 is 5.91 Å². The highest BCUT2D eigenvalue weighted by molar-refractivity contribution is 5.77. The molecule has 0 aromatic heterocycles. The molecule has 2 aromatic carbocycles. The zero-order chi connectivity index (χ0) is 18.4. The van der Waals surface area contributed by atoms with Crippen molar-refractivity contribution in [2.75, 3.05) is 27.3 Å². The predicted octanol–water partition coefficient (Wildman–Crippen LogP) is 4.04. The Morgan fingerprint density at radius 1 is 1.12 bits per heavy atom. The molecule has 0 saturated heterocycles. The Morgan fingerprint density at radius 2 is 1.85 bits per heavy atom. The minimum atomic E-state index is 0.212. The second kappa shape index (κ2) is 8.75. The van der Waals surface area contributed by atoms with E-state index in [0.717, 1.165) is 30.8 Å². The summed E-state index contributed by atoms with van der Waals surface area (Å²) in [5.74, 6) is 2.05. The third kappa shape index (κ3) is 4.37. The van der Waals surface area contributed by atoms with Gasteiger partial charge in [-0.3, -0.25) is 4.79 Å². The first-order valence-corrected chi connectivity index (χ1v) is 9.26. The summed E-state index contributed by atoms with van der Waals surface area (Å²) >= 11 is 0. The van der Waals surface area contributed by atoms with E-state index in [1.807, 2.05) is 36.2 Å². The Bertz CT molecular complexity index is 744. The van der Waals surface area contributed by atoms with E-state index in [2.05, 4.69) is 24.3 Å². The second-order valence-electron chi connectivity index (χ2n) is 6.81. The minimum Gasteiger partial charge on any atom is -0.493 e. The van der Waals surface area contributed by atoms with Gasteiger partial charge in [-0.25, -0.2) is 0 Å². The lowest BCUT2D eigenvalue weighted by atomic mass is 9.97. The number of para-hydroxylation sites is 2. The van der Waals surface area contributed by atoms with E-state index in [-0.39, 0.29) is 5.91 Å². The molecular formula is C22H27NO3. The van der Waals surface area contributed by atoms with Gasteiger partial charge in [0.1, 0.15) is 0 Å². The van der Waals surface area contributed by atoms with Gasteiger partial charge in [0.2, 0.25) is 5.91 Å². The molecule has 0 bridgehead atoms. The van der Waals surface area contributed by atoms with Gasteiger partial charge in [-0.1, -0.05) is 36.4 Å². The standard InChI is InChI=1S/C22H27NO3/c1-23(14-7-15-26-21-11-6-5-10-20(21)25-2)22(24)16-18-13-12-17-8-3-4-9-19(17)18/h3-6,8-11,18H,7,12-16H2,1-2H3. The summed E-state index contributed by atoms with van der Waals surface area (Å²) in [5, 5.41) is 0. The smallest absolute Gasteiger partial charge is 0.222 e. The lowest BCUT2D eigenvalue weighted by Gasteiger charge is -2.20. The number of carbonyl (C=O) groups excluding carboxylic acids is 1. The Labute approximate surface area is 155 Å². The summed E-state index contributed by atoms with van der Waals surface area (Å²) in [6.07, 6.45) is 3.56. The molecule has 0 heterocycles. The van der Waals surface area contributed by atoms with Crippen molar-refractivity contribution in [1.82, 2.24) is 4.90 Å². The average Bonchev–Trinajstić information content (AvgIpc) is 3.08. The van der Waals surface area contributed by atoms with Crippen molar-refractivity contribution in [2.24, 2.45) is 0 Å². The van der Waals surface area contributed by atoms with Crippen molar-refractivity contribution in [3.05, 3.63) is 59.7 Å². The van der Waals surface area contributed by atoms with Crippen LogP contribution in [0.2, 0.25) is 0 Å². The molecule has 4 nitrogen and oxygen atoms in total. The van der Waals surface area contributed by atoms with Gasteiger partial charge < -0.3 is 14.4 Å². The maximum atomic E-state index is 12.5. The number of benzene rings is 2. The van der Waals surface area contributed by atoms with Crippen molar-refractivity contribution in [3.8, 4) is 11.5 Å². The van der Waals surface area contributed by atoms with E-state index in [9.17, 15) is 4.79 Å². The molecule has 0 spiro atoms. The molecule has 0 radical (unpaired) electrons. The van der Waals surface area contributed by atoms with Crippen LogP contribution in [0.15, 0.2) is 48.5 Å². The quantitative estimate of drug-likeness (QED) is 0.672. The van der Waals surface area contributed by atoms with Crippen LogP contribution in [0.4, 0.5) is 0 Å². The Hall–Kier alpha value is -2.49. The summed E-state index contributed by atoms with van der Waals surface area (Å²) in [6.45, 7) is 1.26. The maximum Gasteiger partial charge on any atom is 0.222 e. The number of methoxy groups -OCH3 is 1. The second-order valence-corrected chi connectivity index (χ2v) is 6.81. The molecular weight excluding hydrogens is 326 g/mol. The lowest BCUT2D eigenvalue weighted by molar-refractivity contribution is -0.130. The van der Waals surface area contributed by atoms with Crippen molar-refractivity contribution in [3.63, 3.8) is 0 Å². The van der Waals surface area contributed by atoms with E-state index in [4.69, 9.17) is 9.47 Å². The van der Waals surface area contributed by atoms with E-state index in [0.29, 0.717) is 25.5 Å². The third-order valence-corrected chi connectivity index (χ3v) is 5.07. The van der Waals surface area contributed by atoms with Crippen LogP contribution < -0.4 is 9.47 Å². The van der Waals surface area contributed by atoms with Crippen LogP contribution in [-0.2, 0) is 11.2 Å². The summed E-state index contributed by atoms with van der Waals surface area (Å²) in [6, 6.07) is 16.1. The molecule has 1 amide bonds. The molecule has 26 heavy (non-hydrogen) atoms. The highest BCUT2D eigenvalue weighted by atomic mass is 16.5. The van der Waals surface area contributed by atoms with E-state index >= 15 is 0 Å².